The molecule has 1 amide bonds. The van der Waals surface area contributed by atoms with Crippen molar-refractivity contribution in [2.75, 3.05) is 13.6 Å². The molecule has 2 aromatic heterocycles. The van der Waals surface area contributed by atoms with E-state index in [9.17, 15) is 9.59 Å². The third-order valence-corrected chi connectivity index (χ3v) is 6.29. The van der Waals surface area contributed by atoms with Crippen molar-refractivity contribution in [3.05, 3.63) is 26.6 Å². The standard InChI is InChI=1S/C18H23N3O2S/c1-21(10-11-6-7-11)15(22)9-8-14-19-17(23)16-12-4-2-3-5-13(12)24-18(16)20-14/h11H,2-10H2,1H3,(H,19,20,23). The van der Waals surface area contributed by atoms with Crippen LogP contribution in [0.3, 0.4) is 0 Å². The lowest BCUT2D eigenvalue weighted by atomic mass is 9.97. The van der Waals surface area contributed by atoms with E-state index in [2.05, 4.69) is 9.97 Å². The summed E-state index contributed by atoms with van der Waals surface area (Å²) in [6.07, 6.45) is 7.80. The van der Waals surface area contributed by atoms with Crippen LogP contribution in [0, 0.1) is 5.92 Å². The van der Waals surface area contributed by atoms with Crippen molar-refractivity contribution in [2.24, 2.45) is 5.92 Å². The number of amides is 1. The van der Waals surface area contributed by atoms with E-state index in [1.54, 1.807) is 11.3 Å². The normalized spacial score (nSPS) is 17.0. The lowest BCUT2D eigenvalue weighted by molar-refractivity contribution is -0.130. The van der Waals surface area contributed by atoms with Gasteiger partial charge in [0, 0.05) is 31.3 Å². The molecule has 0 spiro atoms. The molecule has 6 heteroatoms. The Morgan fingerprint density at radius 1 is 1.33 bits per heavy atom. The first-order valence-corrected chi connectivity index (χ1v) is 9.71. The van der Waals surface area contributed by atoms with Gasteiger partial charge in [-0.15, -0.1) is 11.3 Å². The molecule has 1 saturated carbocycles. The number of H-pyrrole nitrogens is 1. The van der Waals surface area contributed by atoms with E-state index in [-0.39, 0.29) is 11.5 Å². The fraction of sp³-hybridized carbons (Fsp3) is 0.611. The highest BCUT2D eigenvalue weighted by Crippen LogP contribution is 2.33. The van der Waals surface area contributed by atoms with Crippen LogP contribution in [-0.2, 0) is 24.1 Å². The molecule has 0 atom stereocenters. The van der Waals surface area contributed by atoms with Crippen LogP contribution in [0.2, 0.25) is 0 Å². The van der Waals surface area contributed by atoms with Gasteiger partial charge in [0.25, 0.3) is 5.56 Å². The van der Waals surface area contributed by atoms with Crippen molar-refractivity contribution in [1.29, 1.82) is 0 Å². The topological polar surface area (TPSA) is 66.1 Å². The second kappa shape index (κ2) is 6.31. The quantitative estimate of drug-likeness (QED) is 0.906. The van der Waals surface area contributed by atoms with Gasteiger partial charge in [-0.1, -0.05) is 0 Å². The Balaban J connectivity index is 1.50. The fourth-order valence-corrected chi connectivity index (χ4v) is 4.81. The molecule has 24 heavy (non-hydrogen) atoms. The average molecular weight is 345 g/mol. The molecule has 2 aromatic rings. The number of aromatic nitrogens is 2. The fourth-order valence-electron chi connectivity index (χ4n) is 3.53. The molecule has 1 fully saturated rings. The molecule has 2 aliphatic carbocycles. The zero-order valence-corrected chi connectivity index (χ0v) is 14.9. The maximum absolute atomic E-state index is 12.5. The summed E-state index contributed by atoms with van der Waals surface area (Å²) < 4.78 is 0. The van der Waals surface area contributed by atoms with Crippen LogP contribution in [0.25, 0.3) is 10.2 Å². The summed E-state index contributed by atoms with van der Waals surface area (Å²) in [4.78, 5) is 36.2. The van der Waals surface area contributed by atoms with Gasteiger partial charge in [0.05, 0.1) is 5.39 Å². The van der Waals surface area contributed by atoms with E-state index in [1.165, 1.54) is 29.7 Å². The van der Waals surface area contributed by atoms with Crippen LogP contribution in [-0.4, -0.2) is 34.4 Å². The van der Waals surface area contributed by atoms with Crippen molar-refractivity contribution in [3.63, 3.8) is 0 Å². The number of hydrogen-bond donors (Lipinski definition) is 1. The molecule has 5 nitrogen and oxygen atoms in total. The number of aromatic amines is 1. The van der Waals surface area contributed by atoms with Crippen LogP contribution >= 0.6 is 11.3 Å². The first-order valence-electron chi connectivity index (χ1n) is 8.89. The van der Waals surface area contributed by atoms with Crippen LogP contribution < -0.4 is 5.56 Å². The van der Waals surface area contributed by atoms with Gasteiger partial charge in [0.2, 0.25) is 5.91 Å². The molecule has 0 unspecified atom stereocenters. The average Bonchev–Trinajstić information content (AvgIpc) is 3.29. The van der Waals surface area contributed by atoms with Gasteiger partial charge in [-0.3, -0.25) is 9.59 Å². The summed E-state index contributed by atoms with van der Waals surface area (Å²) in [5.74, 6) is 1.47. The monoisotopic (exact) mass is 345 g/mol. The molecule has 2 heterocycles. The number of aryl methyl sites for hydroxylation is 3. The van der Waals surface area contributed by atoms with Gasteiger partial charge >= 0.3 is 0 Å². The summed E-state index contributed by atoms with van der Waals surface area (Å²) in [7, 11) is 1.87. The molecule has 2 aliphatic rings. The molecule has 0 aromatic carbocycles. The Kier molecular flexibility index (Phi) is 4.16. The molecule has 0 bridgehead atoms. The van der Waals surface area contributed by atoms with Crippen molar-refractivity contribution in [3.8, 4) is 0 Å². The number of fused-ring (bicyclic) bond motifs is 3. The van der Waals surface area contributed by atoms with Gasteiger partial charge in [-0.25, -0.2) is 4.98 Å². The summed E-state index contributed by atoms with van der Waals surface area (Å²) in [6, 6.07) is 0. The van der Waals surface area contributed by atoms with Crippen molar-refractivity contribution < 1.29 is 4.79 Å². The van der Waals surface area contributed by atoms with Gasteiger partial charge < -0.3 is 9.88 Å². The first-order chi connectivity index (χ1) is 11.6. The SMILES string of the molecule is CN(CC1CC1)C(=O)CCc1nc2sc3c(c2c(=O)[nH]1)CCCC3. The smallest absolute Gasteiger partial charge is 0.259 e. The van der Waals surface area contributed by atoms with Gasteiger partial charge in [-0.05, 0) is 50.0 Å². The molecular formula is C18H23N3O2S. The molecule has 128 valence electrons. The molecule has 0 saturated heterocycles. The van der Waals surface area contributed by atoms with E-state index >= 15 is 0 Å². The number of nitrogens with one attached hydrogen (secondary N) is 1. The Morgan fingerprint density at radius 2 is 2.12 bits per heavy atom. The van der Waals surface area contributed by atoms with Gasteiger partial charge in [0.15, 0.2) is 0 Å². The highest BCUT2D eigenvalue weighted by molar-refractivity contribution is 7.18. The predicted molar refractivity (Wildman–Crippen MR) is 95.6 cm³/mol. The number of hydrogen-bond acceptors (Lipinski definition) is 4. The zero-order valence-electron chi connectivity index (χ0n) is 14.1. The Morgan fingerprint density at radius 3 is 2.92 bits per heavy atom. The maximum Gasteiger partial charge on any atom is 0.259 e. The predicted octanol–water partition coefficient (Wildman–Crippen LogP) is 2.66. The summed E-state index contributed by atoms with van der Waals surface area (Å²) in [5.41, 5.74) is 1.18. The lowest BCUT2D eigenvalue weighted by Gasteiger charge is -2.16. The van der Waals surface area contributed by atoms with E-state index in [0.29, 0.717) is 24.6 Å². The summed E-state index contributed by atoms with van der Waals surface area (Å²) in [5, 5.41) is 0.788. The van der Waals surface area contributed by atoms with E-state index in [4.69, 9.17) is 0 Å². The minimum Gasteiger partial charge on any atom is -0.345 e. The van der Waals surface area contributed by atoms with Crippen LogP contribution in [0.1, 0.15) is 48.4 Å². The number of carbonyl (C=O) groups excluding carboxylic acids is 1. The number of nitrogens with zero attached hydrogens (tertiary/aromatic N) is 2. The second-order valence-electron chi connectivity index (χ2n) is 7.12. The molecule has 0 aliphatic heterocycles. The molecule has 1 N–H and O–H groups in total. The van der Waals surface area contributed by atoms with Crippen molar-refractivity contribution in [2.45, 2.75) is 51.4 Å². The Bertz CT molecular complexity index is 835. The minimum absolute atomic E-state index is 0.0341. The number of carbonyl (C=O) groups is 1. The minimum atomic E-state index is -0.0341. The third kappa shape index (κ3) is 3.11. The van der Waals surface area contributed by atoms with Crippen LogP contribution in [0.5, 0.6) is 0 Å². The summed E-state index contributed by atoms with van der Waals surface area (Å²) >= 11 is 1.66. The first kappa shape index (κ1) is 15.8. The maximum atomic E-state index is 12.5. The molecule has 4 rings (SSSR count). The highest BCUT2D eigenvalue weighted by Gasteiger charge is 2.25. The van der Waals surface area contributed by atoms with Crippen LogP contribution in [0.15, 0.2) is 4.79 Å². The van der Waals surface area contributed by atoms with Crippen molar-refractivity contribution >= 4 is 27.5 Å². The Labute approximate surface area is 145 Å². The molecule has 0 radical (unpaired) electrons. The highest BCUT2D eigenvalue weighted by atomic mass is 32.1. The Hall–Kier alpha value is -1.69. The van der Waals surface area contributed by atoms with Crippen LogP contribution in [0.4, 0.5) is 0 Å². The third-order valence-electron chi connectivity index (χ3n) is 5.10. The summed E-state index contributed by atoms with van der Waals surface area (Å²) in [6.45, 7) is 0.861. The van der Waals surface area contributed by atoms with E-state index < -0.39 is 0 Å². The van der Waals surface area contributed by atoms with Crippen molar-refractivity contribution in [1.82, 2.24) is 14.9 Å². The lowest BCUT2D eigenvalue weighted by Crippen LogP contribution is -2.29. The van der Waals surface area contributed by atoms with Gasteiger partial charge in [0.1, 0.15) is 10.7 Å². The number of rotatable bonds is 5. The second-order valence-corrected chi connectivity index (χ2v) is 8.20. The van der Waals surface area contributed by atoms with E-state index in [0.717, 1.165) is 36.0 Å². The zero-order chi connectivity index (χ0) is 16.7. The largest absolute Gasteiger partial charge is 0.345 e. The number of thiophene rings is 1. The van der Waals surface area contributed by atoms with E-state index in [1.807, 2.05) is 11.9 Å². The van der Waals surface area contributed by atoms with Gasteiger partial charge in [-0.2, -0.15) is 0 Å². The molecular weight excluding hydrogens is 322 g/mol.